The minimum atomic E-state index is 0.585. The van der Waals surface area contributed by atoms with Gasteiger partial charge in [-0.05, 0) is 102 Å². The molecule has 9 aromatic rings. The monoisotopic (exact) mass is 636 g/mol. The molecule has 0 aliphatic heterocycles. The molecule has 9 rings (SSSR count). The molecule has 0 unspecified atom stereocenters. The van der Waals surface area contributed by atoms with E-state index < -0.39 is 0 Å². The maximum atomic E-state index is 9.40. The molecule has 4 heteroatoms. The molecule has 0 saturated heterocycles. The van der Waals surface area contributed by atoms with Crippen LogP contribution in [0.5, 0.6) is 0 Å². The van der Waals surface area contributed by atoms with Crippen molar-refractivity contribution in [3.63, 3.8) is 0 Å². The minimum Gasteiger partial charge on any atom is -0.264 e. The smallest absolute Gasteiger partial charge is 0.160 e. The van der Waals surface area contributed by atoms with Crippen LogP contribution in [0.3, 0.4) is 0 Å². The van der Waals surface area contributed by atoms with Crippen molar-refractivity contribution in [1.29, 1.82) is 5.26 Å². The zero-order valence-corrected chi connectivity index (χ0v) is 27.0. The van der Waals surface area contributed by atoms with Gasteiger partial charge in [0.2, 0.25) is 0 Å². The van der Waals surface area contributed by atoms with Crippen LogP contribution in [0.15, 0.2) is 170 Å². The normalized spacial score (nSPS) is 11.2. The van der Waals surface area contributed by atoms with Crippen LogP contribution in [0.25, 0.3) is 87.8 Å². The summed E-state index contributed by atoms with van der Waals surface area (Å²) in [6.45, 7) is 0. The van der Waals surface area contributed by atoms with Crippen molar-refractivity contribution in [2.24, 2.45) is 0 Å². The summed E-state index contributed by atoms with van der Waals surface area (Å²) in [5.41, 5.74) is 4.88. The molecule has 0 aliphatic rings. The van der Waals surface area contributed by atoms with Crippen LogP contribution >= 0.6 is 0 Å². The standard InChI is InChI=1S/C46H28N4/c47-28-30-19-21-31(22-20-30)46-49-44(27-45(50-46)33-10-9-25-48-29-33)32-23-24-42-40-17-6-5-15-38(40)36-13-2-1-11-34(36)35-12-3-4-14-37(35)39-16-7-8-18-41(39)43(42)26-32/h1-27,29H. The van der Waals surface area contributed by atoms with Gasteiger partial charge < -0.3 is 0 Å². The summed E-state index contributed by atoms with van der Waals surface area (Å²) >= 11 is 0. The number of pyridine rings is 1. The van der Waals surface area contributed by atoms with Crippen LogP contribution in [-0.2, 0) is 0 Å². The molecule has 0 radical (unpaired) electrons. The Morgan fingerprint density at radius 2 is 0.820 bits per heavy atom. The molecule has 0 saturated carbocycles. The molecule has 7 aromatic carbocycles. The average molecular weight is 637 g/mol. The van der Waals surface area contributed by atoms with E-state index in [2.05, 4.69) is 126 Å². The number of benzene rings is 6. The van der Waals surface area contributed by atoms with Crippen LogP contribution in [0.2, 0.25) is 0 Å². The van der Waals surface area contributed by atoms with Crippen LogP contribution in [-0.4, -0.2) is 15.0 Å². The van der Waals surface area contributed by atoms with Crippen LogP contribution < -0.4 is 0 Å². The van der Waals surface area contributed by atoms with Crippen LogP contribution in [0.4, 0.5) is 0 Å². The van der Waals surface area contributed by atoms with Gasteiger partial charge in [0.25, 0.3) is 0 Å². The first kappa shape index (κ1) is 29.2. The van der Waals surface area contributed by atoms with E-state index in [4.69, 9.17) is 9.97 Å². The first-order chi connectivity index (χ1) is 24.7. The van der Waals surface area contributed by atoms with Gasteiger partial charge in [0.05, 0.1) is 23.0 Å². The lowest BCUT2D eigenvalue weighted by Gasteiger charge is -2.12. The molecule has 50 heavy (non-hydrogen) atoms. The summed E-state index contributed by atoms with van der Waals surface area (Å²) in [5, 5.41) is 21.2. The molecule has 0 atom stereocenters. The highest BCUT2D eigenvalue weighted by Gasteiger charge is 2.14. The molecule has 0 bridgehead atoms. The van der Waals surface area contributed by atoms with E-state index in [1.54, 1.807) is 18.3 Å². The zero-order chi connectivity index (χ0) is 33.4. The second-order valence-electron chi connectivity index (χ2n) is 12.3. The fraction of sp³-hybridized carbons (Fsp3) is 0. The molecule has 0 N–H and O–H groups in total. The molecule has 0 aliphatic carbocycles. The fourth-order valence-electron chi connectivity index (χ4n) is 7.05. The predicted molar refractivity (Wildman–Crippen MR) is 206 cm³/mol. The topological polar surface area (TPSA) is 62.5 Å². The summed E-state index contributed by atoms with van der Waals surface area (Å²) in [7, 11) is 0. The quantitative estimate of drug-likeness (QED) is 0.194. The Morgan fingerprint density at radius 1 is 0.380 bits per heavy atom. The van der Waals surface area contributed by atoms with E-state index in [0.29, 0.717) is 11.4 Å². The van der Waals surface area contributed by atoms with Gasteiger partial charge in [-0.2, -0.15) is 5.26 Å². The maximum Gasteiger partial charge on any atom is 0.160 e. The van der Waals surface area contributed by atoms with Gasteiger partial charge in [-0.15, -0.1) is 0 Å². The lowest BCUT2D eigenvalue weighted by atomic mass is 9.93. The van der Waals surface area contributed by atoms with Crippen molar-refractivity contribution in [1.82, 2.24) is 15.0 Å². The number of rotatable bonds is 3. The van der Waals surface area contributed by atoms with Gasteiger partial charge in [-0.3, -0.25) is 4.98 Å². The molecule has 232 valence electrons. The Bertz CT molecular complexity index is 2800. The molecular weight excluding hydrogens is 609 g/mol. The second kappa shape index (κ2) is 12.2. The first-order valence-corrected chi connectivity index (χ1v) is 16.6. The summed E-state index contributed by atoms with van der Waals surface area (Å²) < 4.78 is 0. The Labute approximate surface area is 288 Å². The number of hydrogen-bond donors (Lipinski definition) is 0. The van der Waals surface area contributed by atoms with Gasteiger partial charge in [0.15, 0.2) is 5.82 Å². The molecule has 4 nitrogen and oxygen atoms in total. The number of hydrogen-bond acceptors (Lipinski definition) is 4. The number of nitrogens with zero attached hydrogens (tertiary/aromatic N) is 4. The predicted octanol–water partition coefficient (Wildman–Crippen LogP) is 11.6. The van der Waals surface area contributed by atoms with Crippen LogP contribution in [0, 0.1) is 11.3 Å². The van der Waals surface area contributed by atoms with E-state index in [9.17, 15) is 5.26 Å². The average Bonchev–Trinajstić information content (AvgIpc) is 3.20. The molecular formula is C46H28N4. The highest BCUT2D eigenvalue weighted by molar-refractivity contribution is 6.26. The second-order valence-corrected chi connectivity index (χ2v) is 12.3. The molecule has 0 amide bonds. The number of fused-ring (bicyclic) bond motifs is 10. The van der Waals surface area contributed by atoms with Crippen molar-refractivity contribution in [2.75, 3.05) is 0 Å². The highest BCUT2D eigenvalue weighted by atomic mass is 14.9. The lowest BCUT2D eigenvalue weighted by Crippen LogP contribution is -1.96. The first-order valence-electron chi connectivity index (χ1n) is 16.6. The Kier molecular flexibility index (Phi) is 7.15. The fourth-order valence-corrected chi connectivity index (χ4v) is 7.05. The van der Waals surface area contributed by atoms with Gasteiger partial charge in [-0.1, -0.05) is 109 Å². The van der Waals surface area contributed by atoms with Gasteiger partial charge in [-0.25, -0.2) is 9.97 Å². The van der Waals surface area contributed by atoms with Gasteiger partial charge >= 0.3 is 0 Å². The number of nitriles is 1. The van der Waals surface area contributed by atoms with Crippen LogP contribution in [0.1, 0.15) is 5.56 Å². The maximum absolute atomic E-state index is 9.40. The van der Waals surface area contributed by atoms with Crippen molar-refractivity contribution < 1.29 is 0 Å². The molecule has 2 heterocycles. The highest BCUT2D eigenvalue weighted by Crippen LogP contribution is 2.37. The Balaban J connectivity index is 1.42. The van der Waals surface area contributed by atoms with E-state index >= 15 is 0 Å². The van der Waals surface area contributed by atoms with E-state index in [-0.39, 0.29) is 0 Å². The van der Waals surface area contributed by atoms with E-state index in [1.165, 1.54) is 37.7 Å². The van der Waals surface area contributed by atoms with Gasteiger partial charge in [0, 0.05) is 29.1 Å². The summed E-state index contributed by atoms with van der Waals surface area (Å²) in [6, 6.07) is 57.1. The van der Waals surface area contributed by atoms with E-state index in [1.807, 2.05) is 36.5 Å². The third-order valence-corrected chi connectivity index (χ3v) is 9.43. The van der Waals surface area contributed by atoms with Gasteiger partial charge in [0.1, 0.15) is 0 Å². The van der Waals surface area contributed by atoms with Crippen molar-refractivity contribution >= 4 is 53.9 Å². The Morgan fingerprint density at radius 3 is 1.28 bits per heavy atom. The van der Waals surface area contributed by atoms with Crippen molar-refractivity contribution in [2.45, 2.75) is 0 Å². The lowest BCUT2D eigenvalue weighted by molar-refractivity contribution is 1.18. The SMILES string of the molecule is N#Cc1ccc(-c2nc(-c3cccnc3)cc(-c3ccc4c5ccccc5c5ccccc5c5ccccc5c5ccccc5c4c3)n2)cc1. The molecule has 0 spiro atoms. The largest absolute Gasteiger partial charge is 0.264 e. The minimum absolute atomic E-state index is 0.585. The third-order valence-electron chi connectivity index (χ3n) is 9.43. The molecule has 0 fully saturated rings. The Hall–Kier alpha value is -6.96. The summed E-state index contributed by atoms with van der Waals surface area (Å²) in [4.78, 5) is 14.5. The number of aromatic nitrogens is 3. The zero-order valence-electron chi connectivity index (χ0n) is 27.0. The summed E-state index contributed by atoms with van der Waals surface area (Å²) in [6.07, 6.45) is 3.59. The van der Waals surface area contributed by atoms with Crippen molar-refractivity contribution in [3.8, 4) is 40.0 Å². The summed E-state index contributed by atoms with van der Waals surface area (Å²) in [5.74, 6) is 0.585. The van der Waals surface area contributed by atoms with Crippen molar-refractivity contribution in [3.05, 3.63) is 176 Å². The third kappa shape index (κ3) is 5.06. The van der Waals surface area contributed by atoms with E-state index in [0.717, 1.165) is 44.2 Å². The molecule has 2 aromatic heterocycles.